The summed E-state index contributed by atoms with van der Waals surface area (Å²) >= 11 is 1.69. The molecule has 1 saturated carbocycles. The van der Waals surface area contributed by atoms with E-state index in [4.69, 9.17) is 5.73 Å². The van der Waals surface area contributed by atoms with Crippen LogP contribution in [0, 0.1) is 5.41 Å². The third-order valence-corrected chi connectivity index (χ3v) is 5.66. The first-order valence-corrected chi connectivity index (χ1v) is 8.03. The molecule has 0 radical (unpaired) electrons. The molecule has 1 aliphatic heterocycles. The van der Waals surface area contributed by atoms with Crippen molar-refractivity contribution in [3.8, 4) is 0 Å². The fourth-order valence-corrected chi connectivity index (χ4v) is 4.22. The smallest absolute Gasteiger partial charge is 0.106 e. The largest absolute Gasteiger partial charge is 0.325 e. The van der Waals surface area contributed by atoms with Crippen LogP contribution in [0.4, 0.5) is 0 Å². The highest BCUT2D eigenvalue weighted by Gasteiger charge is 2.36. The average molecular weight is 265 g/mol. The Morgan fingerprint density at radius 3 is 2.56 bits per heavy atom. The Bertz CT molecular complexity index is 385. The summed E-state index contributed by atoms with van der Waals surface area (Å²) in [7, 11) is 0. The quantitative estimate of drug-likeness (QED) is 0.914. The monoisotopic (exact) mass is 265 g/mol. The molecule has 0 aromatic carbocycles. The van der Waals surface area contributed by atoms with Crippen molar-refractivity contribution in [3.05, 3.63) is 16.1 Å². The molecule has 3 rings (SSSR count). The van der Waals surface area contributed by atoms with Crippen molar-refractivity contribution >= 4 is 11.3 Å². The number of hydrogen-bond donors (Lipinski definition) is 1. The highest BCUT2D eigenvalue weighted by molar-refractivity contribution is 7.09. The van der Waals surface area contributed by atoms with Crippen molar-refractivity contribution in [2.75, 3.05) is 13.1 Å². The van der Waals surface area contributed by atoms with Gasteiger partial charge in [-0.3, -0.25) is 4.90 Å². The van der Waals surface area contributed by atoms with Crippen molar-refractivity contribution in [1.82, 2.24) is 9.88 Å². The summed E-state index contributed by atoms with van der Waals surface area (Å²) in [4.78, 5) is 7.13. The molecule has 100 valence electrons. The SMILES string of the molecule is NCc1nc(CN2CCC3(CCCC3)CC2)cs1. The lowest BCUT2D eigenvalue weighted by atomic mass is 9.77. The molecule has 0 atom stereocenters. The minimum atomic E-state index is 0.577. The van der Waals surface area contributed by atoms with Gasteiger partial charge >= 0.3 is 0 Å². The van der Waals surface area contributed by atoms with Crippen LogP contribution in [0.5, 0.6) is 0 Å². The molecule has 1 saturated heterocycles. The molecule has 1 aliphatic carbocycles. The summed E-state index contributed by atoms with van der Waals surface area (Å²) in [6.07, 6.45) is 8.70. The summed E-state index contributed by atoms with van der Waals surface area (Å²) in [6, 6.07) is 0. The zero-order valence-corrected chi connectivity index (χ0v) is 11.8. The zero-order valence-electron chi connectivity index (χ0n) is 11.0. The van der Waals surface area contributed by atoms with E-state index in [1.54, 1.807) is 11.3 Å². The molecule has 4 heteroatoms. The fourth-order valence-electron chi connectivity index (χ4n) is 3.55. The second kappa shape index (κ2) is 5.27. The standard InChI is InChI=1S/C14H23N3S/c15-9-13-16-12(11-18-13)10-17-7-5-14(6-8-17)3-1-2-4-14/h11H,1-10,15H2. The van der Waals surface area contributed by atoms with Crippen LogP contribution >= 0.6 is 11.3 Å². The Morgan fingerprint density at radius 1 is 1.22 bits per heavy atom. The molecule has 18 heavy (non-hydrogen) atoms. The maximum atomic E-state index is 5.61. The second-order valence-corrected chi connectivity index (χ2v) is 6.86. The Kier molecular flexibility index (Phi) is 3.68. The van der Waals surface area contributed by atoms with Crippen LogP contribution in [0.25, 0.3) is 0 Å². The van der Waals surface area contributed by atoms with Gasteiger partial charge in [0.15, 0.2) is 0 Å². The number of piperidine rings is 1. The van der Waals surface area contributed by atoms with E-state index in [0.717, 1.165) is 17.0 Å². The van der Waals surface area contributed by atoms with Gasteiger partial charge in [0.25, 0.3) is 0 Å². The van der Waals surface area contributed by atoms with Crippen molar-refractivity contribution < 1.29 is 0 Å². The molecule has 2 N–H and O–H groups in total. The van der Waals surface area contributed by atoms with Crippen LogP contribution in [-0.2, 0) is 13.1 Å². The van der Waals surface area contributed by atoms with E-state index < -0.39 is 0 Å². The molecule has 2 fully saturated rings. The Hall–Kier alpha value is -0.450. The van der Waals surface area contributed by atoms with Gasteiger partial charge in [0, 0.05) is 18.5 Å². The number of rotatable bonds is 3. The lowest BCUT2D eigenvalue weighted by Gasteiger charge is -2.39. The van der Waals surface area contributed by atoms with Crippen LogP contribution < -0.4 is 5.73 Å². The van der Waals surface area contributed by atoms with Gasteiger partial charge in [-0.25, -0.2) is 4.98 Å². The van der Waals surface area contributed by atoms with Crippen LogP contribution in [0.2, 0.25) is 0 Å². The maximum Gasteiger partial charge on any atom is 0.106 e. The summed E-state index contributed by atoms with van der Waals surface area (Å²) in [6.45, 7) is 4.12. The van der Waals surface area contributed by atoms with E-state index >= 15 is 0 Å². The van der Waals surface area contributed by atoms with E-state index in [-0.39, 0.29) is 0 Å². The topological polar surface area (TPSA) is 42.1 Å². The molecule has 1 spiro atoms. The van der Waals surface area contributed by atoms with E-state index in [1.807, 2.05) is 0 Å². The number of thiazole rings is 1. The van der Waals surface area contributed by atoms with E-state index in [0.29, 0.717) is 6.54 Å². The van der Waals surface area contributed by atoms with E-state index in [2.05, 4.69) is 15.3 Å². The first kappa shape index (κ1) is 12.6. The minimum Gasteiger partial charge on any atom is -0.325 e. The van der Waals surface area contributed by atoms with Crippen molar-refractivity contribution in [1.29, 1.82) is 0 Å². The van der Waals surface area contributed by atoms with Gasteiger partial charge in [0.05, 0.1) is 5.69 Å². The third kappa shape index (κ3) is 2.60. The van der Waals surface area contributed by atoms with Crippen molar-refractivity contribution in [3.63, 3.8) is 0 Å². The maximum absolute atomic E-state index is 5.61. The Morgan fingerprint density at radius 2 is 1.94 bits per heavy atom. The molecule has 0 amide bonds. The molecule has 2 aliphatic rings. The van der Waals surface area contributed by atoms with Crippen LogP contribution in [0.3, 0.4) is 0 Å². The molecular formula is C14H23N3S. The van der Waals surface area contributed by atoms with Gasteiger partial charge in [-0.05, 0) is 44.2 Å². The molecular weight excluding hydrogens is 242 g/mol. The van der Waals surface area contributed by atoms with Gasteiger partial charge in [-0.1, -0.05) is 12.8 Å². The number of likely N-dealkylation sites (tertiary alicyclic amines) is 1. The average Bonchev–Trinajstić information content (AvgIpc) is 3.02. The predicted molar refractivity (Wildman–Crippen MR) is 75.4 cm³/mol. The first-order valence-electron chi connectivity index (χ1n) is 7.15. The molecule has 3 nitrogen and oxygen atoms in total. The molecule has 1 aromatic heterocycles. The number of aromatic nitrogens is 1. The number of nitrogens with two attached hydrogens (primary N) is 1. The second-order valence-electron chi connectivity index (χ2n) is 5.92. The Balaban J connectivity index is 1.53. The summed E-state index contributed by atoms with van der Waals surface area (Å²) in [5.74, 6) is 0. The molecule has 2 heterocycles. The fraction of sp³-hybridized carbons (Fsp3) is 0.786. The van der Waals surface area contributed by atoms with Crippen LogP contribution in [0.15, 0.2) is 5.38 Å². The van der Waals surface area contributed by atoms with Crippen LogP contribution in [0.1, 0.15) is 49.2 Å². The highest BCUT2D eigenvalue weighted by Crippen LogP contribution is 2.46. The molecule has 0 bridgehead atoms. The summed E-state index contributed by atoms with van der Waals surface area (Å²) in [5.41, 5.74) is 7.54. The first-order chi connectivity index (χ1) is 8.80. The minimum absolute atomic E-state index is 0.577. The van der Waals surface area contributed by atoms with E-state index in [1.165, 1.54) is 57.3 Å². The number of nitrogens with zero attached hydrogens (tertiary/aromatic N) is 2. The van der Waals surface area contributed by atoms with Crippen molar-refractivity contribution in [2.24, 2.45) is 11.1 Å². The van der Waals surface area contributed by atoms with Gasteiger partial charge in [0.1, 0.15) is 5.01 Å². The Labute approximate surface area is 113 Å². The number of hydrogen-bond acceptors (Lipinski definition) is 4. The van der Waals surface area contributed by atoms with Gasteiger partial charge in [-0.15, -0.1) is 11.3 Å². The zero-order chi connectivity index (χ0) is 12.4. The lowest BCUT2D eigenvalue weighted by molar-refractivity contribution is 0.103. The molecule has 1 aromatic rings. The molecule has 0 unspecified atom stereocenters. The highest BCUT2D eigenvalue weighted by atomic mass is 32.1. The lowest BCUT2D eigenvalue weighted by Crippen LogP contribution is -2.38. The van der Waals surface area contributed by atoms with Crippen molar-refractivity contribution in [2.45, 2.75) is 51.6 Å². The normalized spacial score (nSPS) is 23.8. The van der Waals surface area contributed by atoms with Gasteiger partial charge in [0.2, 0.25) is 0 Å². The summed E-state index contributed by atoms with van der Waals surface area (Å²) in [5, 5.41) is 3.23. The van der Waals surface area contributed by atoms with Gasteiger partial charge in [-0.2, -0.15) is 0 Å². The summed E-state index contributed by atoms with van der Waals surface area (Å²) < 4.78 is 0. The predicted octanol–water partition coefficient (Wildman–Crippen LogP) is 2.76. The third-order valence-electron chi connectivity index (χ3n) is 4.74. The van der Waals surface area contributed by atoms with E-state index in [9.17, 15) is 0 Å². The van der Waals surface area contributed by atoms with Crippen LogP contribution in [-0.4, -0.2) is 23.0 Å². The van der Waals surface area contributed by atoms with Gasteiger partial charge < -0.3 is 5.73 Å².